The number of pyridine rings is 1. The largest absolute Gasteiger partial charge is 0.341 e. The summed E-state index contributed by atoms with van der Waals surface area (Å²) in [5, 5.41) is 0. The molecule has 3 heterocycles. The van der Waals surface area contributed by atoms with E-state index in [1.165, 1.54) is 12.8 Å². The molecule has 0 unspecified atom stereocenters. The van der Waals surface area contributed by atoms with Crippen LogP contribution in [-0.2, 0) is 0 Å². The fraction of sp³-hybridized carbons (Fsp3) is 0.357. The van der Waals surface area contributed by atoms with Gasteiger partial charge in [-0.15, -0.1) is 0 Å². The lowest BCUT2D eigenvalue weighted by molar-refractivity contribution is 0.891. The van der Waals surface area contributed by atoms with Gasteiger partial charge in [0.05, 0.1) is 5.69 Å². The summed E-state index contributed by atoms with van der Waals surface area (Å²) in [5.74, 6) is 0.860. The van der Waals surface area contributed by atoms with Gasteiger partial charge >= 0.3 is 0 Å². The number of aryl methyl sites for hydroxylation is 1. The van der Waals surface area contributed by atoms with Crippen LogP contribution in [0.15, 0.2) is 30.6 Å². The highest BCUT2D eigenvalue weighted by atomic mass is 15.3. The van der Waals surface area contributed by atoms with Crippen molar-refractivity contribution < 1.29 is 0 Å². The van der Waals surface area contributed by atoms with Crippen molar-refractivity contribution in [2.24, 2.45) is 0 Å². The lowest BCUT2D eigenvalue weighted by Gasteiger charge is -2.16. The third-order valence-electron chi connectivity index (χ3n) is 3.21. The SMILES string of the molecule is Cc1cc(-c2ccncc2)nc(N2CCCC2)n1. The predicted molar refractivity (Wildman–Crippen MR) is 71.4 cm³/mol. The minimum Gasteiger partial charge on any atom is -0.341 e. The van der Waals surface area contributed by atoms with Gasteiger partial charge in [0.2, 0.25) is 5.95 Å². The van der Waals surface area contributed by atoms with E-state index in [0.717, 1.165) is 36.0 Å². The topological polar surface area (TPSA) is 41.9 Å². The number of hydrogen-bond acceptors (Lipinski definition) is 4. The van der Waals surface area contributed by atoms with Gasteiger partial charge in [0.25, 0.3) is 0 Å². The van der Waals surface area contributed by atoms with Crippen molar-refractivity contribution in [1.29, 1.82) is 0 Å². The molecule has 0 spiro atoms. The number of nitrogens with zero attached hydrogens (tertiary/aromatic N) is 4. The van der Waals surface area contributed by atoms with Crippen LogP contribution in [0.4, 0.5) is 5.95 Å². The van der Waals surface area contributed by atoms with E-state index in [1.807, 2.05) is 25.1 Å². The maximum absolute atomic E-state index is 4.67. The maximum atomic E-state index is 4.67. The third-order valence-corrected chi connectivity index (χ3v) is 3.21. The molecule has 2 aromatic rings. The van der Waals surface area contributed by atoms with E-state index in [0.29, 0.717) is 0 Å². The molecule has 3 rings (SSSR count). The molecule has 0 atom stereocenters. The van der Waals surface area contributed by atoms with Crippen molar-refractivity contribution in [1.82, 2.24) is 15.0 Å². The number of rotatable bonds is 2. The minimum atomic E-state index is 0.860. The van der Waals surface area contributed by atoms with Gasteiger partial charge in [-0.05, 0) is 38.0 Å². The Morgan fingerprint density at radius 3 is 2.50 bits per heavy atom. The van der Waals surface area contributed by atoms with Crippen LogP contribution in [-0.4, -0.2) is 28.0 Å². The summed E-state index contributed by atoms with van der Waals surface area (Å²) in [6.07, 6.45) is 6.06. The normalized spacial score (nSPS) is 15.1. The van der Waals surface area contributed by atoms with E-state index in [2.05, 4.69) is 19.9 Å². The van der Waals surface area contributed by atoms with Crippen molar-refractivity contribution in [3.05, 3.63) is 36.3 Å². The average molecular weight is 240 g/mol. The average Bonchev–Trinajstić information content (AvgIpc) is 2.93. The van der Waals surface area contributed by atoms with Gasteiger partial charge in [-0.25, -0.2) is 9.97 Å². The number of aromatic nitrogens is 3. The van der Waals surface area contributed by atoms with Gasteiger partial charge in [-0.3, -0.25) is 4.98 Å². The van der Waals surface area contributed by atoms with Crippen LogP contribution in [0.1, 0.15) is 18.5 Å². The summed E-state index contributed by atoms with van der Waals surface area (Å²) in [6.45, 7) is 4.16. The summed E-state index contributed by atoms with van der Waals surface area (Å²) in [6, 6.07) is 5.99. The first kappa shape index (κ1) is 11.1. The Morgan fingerprint density at radius 2 is 1.78 bits per heavy atom. The Labute approximate surface area is 107 Å². The molecular weight excluding hydrogens is 224 g/mol. The van der Waals surface area contributed by atoms with Crippen LogP contribution in [0.25, 0.3) is 11.3 Å². The van der Waals surface area contributed by atoms with Gasteiger partial charge < -0.3 is 4.90 Å². The molecule has 0 radical (unpaired) electrons. The molecule has 0 saturated carbocycles. The minimum absolute atomic E-state index is 0.860. The van der Waals surface area contributed by atoms with Crippen molar-refractivity contribution in [3.8, 4) is 11.3 Å². The van der Waals surface area contributed by atoms with Gasteiger partial charge in [-0.1, -0.05) is 0 Å². The zero-order chi connectivity index (χ0) is 12.4. The third kappa shape index (κ3) is 2.18. The van der Waals surface area contributed by atoms with E-state index in [-0.39, 0.29) is 0 Å². The molecule has 1 aliphatic rings. The fourth-order valence-electron chi connectivity index (χ4n) is 2.28. The van der Waals surface area contributed by atoms with Crippen LogP contribution >= 0.6 is 0 Å². The van der Waals surface area contributed by atoms with Gasteiger partial charge in [-0.2, -0.15) is 0 Å². The van der Waals surface area contributed by atoms with Gasteiger partial charge in [0, 0.05) is 36.7 Å². The van der Waals surface area contributed by atoms with E-state index in [1.54, 1.807) is 12.4 Å². The summed E-state index contributed by atoms with van der Waals surface area (Å²) in [4.78, 5) is 15.5. The zero-order valence-corrected chi connectivity index (χ0v) is 10.5. The molecule has 4 heteroatoms. The lowest BCUT2D eigenvalue weighted by Crippen LogP contribution is -2.20. The standard InChI is InChI=1S/C14H16N4/c1-11-10-13(12-4-6-15-7-5-12)17-14(16-11)18-8-2-3-9-18/h4-7,10H,2-3,8-9H2,1H3. The molecule has 2 aromatic heterocycles. The molecule has 4 nitrogen and oxygen atoms in total. The summed E-state index contributed by atoms with van der Waals surface area (Å²) in [7, 11) is 0. The van der Waals surface area contributed by atoms with Crippen molar-refractivity contribution in [2.75, 3.05) is 18.0 Å². The van der Waals surface area contributed by atoms with Crippen molar-refractivity contribution >= 4 is 5.95 Å². The summed E-state index contributed by atoms with van der Waals surface area (Å²) < 4.78 is 0. The van der Waals surface area contributed by atoms with Crippen LogP contribution < -0.4 is 4.90 Å². The molecule has 92 valence electrons. The first-order valence-electron chi connectivity index (χ1n) is 6.34. The highest BCUT2D eigenvalue weighted by Gasteiger charge is 2.16. The Hall–Kier alpha value is -1.97. The summed E-state index contributed by atoms with van der Waals surface area (Å²) in [5.41, 5.74) is 3.08. The Balaban J connectivity index is 2.00. The first-order chi connectivity index (χ1) is 8.83. The van der Waals surface area contributed by atoms with Crippen LogP contribution in [0.2, 0.25) is 0 Å². The van der Waals surface area contributed by atoms with E-state index >= 15 is 0 Å². The predicted octanol–water partition coefficient (Wildman–Crippen LogP) is 2.45. The molecule has 0 bridgehead atoms. The van der Waals surface area contributed by atoms with E-state index in [4.69, 9.17) is 0 Å². The van der Waals surface area contributed by atoms with Crippen LogP contribution in [0.5, 0.6) is 0 Å². The Kier molecular flexibility index (Phi) is 2.92. The molecule has 1 fully saturated rings. The smallest absolute Gasteiger partial charge is 0.226 e. The highest BCUT2D eigenvalue weighted by Crippen LogP contribution is 2.22. The summed E-state index contributed by atoms with van der Waals surface area (Å²) >= 11 is 0. The van der Waals surface area contributed by atoms with Gasteiger partial charge in [0.1, 0.15) is 0 Å². The maximum Gasteiger partial charge on any atom is 0.226 e. The van der Waals surface area contributed by atoms with Crippen molar-refractivity contribution in [2.45, 2.75) is 19.8 Å². The molecule has 0 aromatic carbocycles. The van der Waals surface area contributed by atoms with Gasteiger partial charge in [0.15, 0.2) is 0 Å². The second-order valence-corrected chi connectivity index (χ2v) is 4.62. The molecule has 1 aliphatic heterocycles. The second-order valence-electron chi connectivity index (χ2n) is 4.62. The number of anilines is 1. The Bertz CT molecular complexity index is 533. The highest BCUT2D eigenvalue weighted by molar-refractivity contribution is 5.60. The molecular formula is C14H16N4. The molecule has 1 saturated heterocycles. The quantitative estimate of drug-likeness (QED) is 0.808. The molecule has 0 amide bonds. The van der Waals surface area contributed by atoms with E-state index < -0.39 is 0 Å². The first-order valence-corrected chi connectivity index (χ1v) is 6.34. The monoisotopic (exact) mass is 240 g/mol. The molecule has 0 N–H and O–H groups in total. The lowest BCUT2D eigenvalue weighted by atomic mass is 10.2. The Morgan fingerprint density at radius 1 is 1.06 bits per heavy atom. The number of hydrogen-bond donors (Lipinski definition) is 0. The second kappa shape index (κ2) is 4.72. The molecule has 18 heavy (non-hydrogen) atoms. The van der Waals surface area contributed by atoms with Crippen molar-refractivity contribution in [3.63, 3.8) is 0 Å². The van der Waals surface area contributed by atoms with Crippen LogP contribution in [0, 0.1) is 6.92 Å². The fourth-order valence-corrected chi connectivity index (χ4v) is 2.28. The van der Waals surface area contributed by atoms with E-state index in [9.17, 15) is 0 Å². The molecule has 0 aliphatic carbocycles. The van der Waals surface area contributed by atoms with Crippen LogP contribution in [0.3, 0.4) is 0 Å². The zero-order valence-electron chi connectivity index (χ0n) is 10.5.